The van der Waals surface area contributed by atoms with Crippen LogP contribution in [0.2, 0.25) is 0 Å². The largest absolute Gasteiger partial charge is 0.480 e. The molecule has 19 heavy (non-hydrogen) atoms. The molecule has 0 bridgehead atoms. The van der Waals surface area contributed by atoms with Crippen molar-refractivity contribution in [3.05, 3.63) is 11.9 Å². The molecule has 1 aliphatic carbocycles. The minimum absolute atomic E-state index is 0.123. The maximum absolute atomic E-state index is 11.0. The van der Waals surface area contributed by atoms with Gasteiger partial charge in [0.25, 0.3) is 0 Å². The molecule has 0 radical (unpaired) electrons. The standard InChI is InChI=1S/C14H22N2O3/c1-9-6-5-7-14(17,10(9)2)12-13(19-4)16-11(18-3)8-15-12/h8-10,17H,5-7H2,1-4H3. The zero-order valence-corrected chi connectivity index (χ0v) is 12.0. The molecule has 106 valence electrons. The highest BCUT2D eigenvalue weighted by molar-refractivity contribution is 5.29. The van der Waals surface area contributed by atoms with Gasteiger partial charge >= 0.3 is 0 Å². The molecule has 5 heteroatoms. The van der Waals surface area contributed by atoms with E-state index >= 15 is 0 Å². The first-order chi connectivity index (χ1) is 9.02. The third-order valence-electron chi connectivity index (χ3n) is 4.36. The van der Waals surface area contributed by atoms with Gasteiger partial charge in [-0.3, -0.25) is 0 Å². The number of ether oxygens (including phenoxy) is 2. The summed E-state index contributed by atoms with van der Waals surface area (Å²) < 4.78 is 10.3. The van der Waals surface area contributed by atoms with Crippen molar-refractivity contribution in [1.29, 1.82) is 0 Å². The smallest absolute Gasteiger partial charge is 0.241 e. The molecule has 0 spiro atoms. The van der Waals surface area contributed by atoms with Gasteiger partial charge in [-0.05, 0) is 24.7 Å². The van der Waals surface area contributed by atoms with Crippen molar-refractivity contribution in [3.63, 3.8) is 0 Å². The van der Waals surface area contributed by atoms with Crippen molar-refractivity contribution in [2.24, 2.45) is 11.8 Å². The monoisotopic (exact) mass is 266 g/mol. The summed E-state index contributed by atoms with van der Waals surface area (Å²) in [5.74, 6) is 1.31. The van der Waals surface area contributed by atoms with Crippen LogP contribution in [0.25, 0.3) is 0 Å². The summed E-state index contributed by atoms with van der Waals surface area (Å²) in [6.45, 7) is 4.23. The lowest BCUT2D eigenvalue weighted by atomic mass is 9.69. The first-order valence-electron chi connectivity index (χ1n) is 6.70. The van der Waals surface area contributed by atoms with Gasteiger partial charge in [0.2, 0.25) is 11.8 Å². The lowest BCUT2D eigenvalue weighted by Crippen LogP contribution is -2.41. The van der Waals surface area contributed by atoms with E-state index in [-0.39, 0.29) is 5.92 Å². The molecule has 1 heterocycles. The van der Waals surface area contributed by atoms with Crippen LogP contribution in [0.5, 0.6) is 11.8 Å². The average molecular weight is 266 g/mol. The third kappa shape index (κ3) is 2.39. The average Bonchev–Trinajstić information content (AvgIpc) is 2.44. The van der Waals surface area contributed by atoms with E-state index < -0.39 is 5.60 Å². The molecule has 1 aliphatic rings. The van der Waals surface area contributed by atoms with E-state index in [1.165, 1.54) is 20.4 Å². The summed E-state index contributed by atoms with van der Waals surface area (Å²) in [6.07, 6.45) is 4.34. The van der Waals surface area contributed by atoms with Gasteiger partial charge in [0.15, 0.2) is 0 Å². The third-order valence-corrected chi connectivity index (χ3v) is 4.36. The Morgan fingerprint density at radius 1 is 1.32 bits per heavy atom. The van der Waals surface area contributed by atoms with E-state index in [1.807, 2.05) is 0 Å². The Labute approximate surface area is 114 Å². The van der Waals surface area contributed by atoms with E-state index in [9.17, 15) is 5.11 Å². The van der Waals surface area contributed by atoms with Crippen molar-refractivity contribution in [2.45, 2.75) is 38.7 Å². The van der Waals surface area contributed by atoms with Crippen molar-refractivity contribution < 1.29 is 14.6 Å². The van der Waals surface area contributed by atoms with E-state index in [2.05, 4.69) is 23.8 Å². The van der Waals surface area contributed by atoms with Crippen LogP contribution < -0.4 is 9.47 Å². The molecule has 1 saturated carbocycles. The van der Waals surface area contributed by atoms with Gasteiger partial charge in [-0.1, -0.05) is 20.3 Å². The summed E-state index contributed by atoms with van der Waals surface area (Å²) in [5, 5.41) is 11.0. The Balaban J connectivity index is 2.44. The summed E-state index contributed by atoms with van der Waals surface area (Å²) in [5.41, 5.74) is -0.447. The number of aromatic nitrogens is 2. The SMILES string of the molecule is COc1cnc(C2(O)CCCC(C)C2C)c(OC)n1. The minimum atomic E-state index is -0.970. The number of hydrogen-bond acceptors (Lipinski definition) is 5. The highest BCUT2D eigenvalue weighted by atomic mass is 16.5. The maximum Gasteiger partial charge on any atom is 0.241 e. The van der Waals surface area contributed by atoms with Crippen LogP contribution in [0.1, 0.15) is 38.8 Å². The first-order valence-corrected chi connectivity index (χ1v) is 6.70. The lowest BCUT2D eigenvalue weighted by molar-refractivity contribution is -0.0740. The van der Waals surface area contributed by atoms with Crippen LogP contribution in [-0.2, 0) is 5.60 Å². The first kappa shape index (κ1) is 14.1. The Morgan fingerprint density at radius 3 is 2.68 bits per heavy atom. The number of methoxy groups -OCH3 is 2. The highest BCUT2D eigenvalue weighted by Gasteiger charge is 2.44. The van der Waals surface area contributed by atoms with Gasteiger partial charge < -0.3 is 14.6 Å². The second-order valence-corrected chi connectivity index (χ2v) is 5.35. The maximum atomic E-state index is 11.0. The fraction of sp³-hybridized carbons (Fsp3) is 0.714. The normalized spacial score (nSPS) is 31.0. The highest BCUT2D eigenvalue weighted by Crippen LogP contribution is 2.46. The molecule has 1 fully saturated rings. The van der Waals surface area contributed by atoms with Gasteiger partial charge in [0, 0.05) is 0 Å². The molecule has 2 rings (SSSR count). The molecule has 0 aromatic carbocycles. The number of rotatable bonds is 3. The van der Waals surface area contributed by atoms with E-state index in [0.29, 0.717) is 29.8 Å². The molecule has 1 aromatic rings. The fourth-order valence-electron chi connectivity index (χ4n) is 2.87. The molecule has 3 atom stereocenters. The van der Waals surface area contributed by atoms with E-state index in [4.69, 9.17) is 9.47 Å². The molecule has 0 aliphatic heterocycles. The molecular weight excluding hydrogens is 244 g/mol. The van der Waals surface area contributed by atoms with Crippen molar-refractivity contribution in [1.82, 2.24) is 9.97 Å². The van der Waals surface area contributed by atoms with Crippen LogP contribution in [0.4, 0.5) is 0 Å². The second-order valence-electron chi connectivity index (χ2n) is 5.35. The van der Waals surface area contributed by atoms with E-state index in [0.717, 1.165) is 12.8 Å². The Hall–Kier alpha value is -1.36. The van der Waals surface area contributed by atoms with Crippen LogP contribution in [0, 0.1) is 11.8 Å². The molecule has 1 N–H and O–H groups in total. The zero-order valence-electron chi connectivity index (χ0n) is 12.0. The number of hydrogen-bond donors (Lipinski definition) is 1. The van der Waals surface area contributed by atoms with Gasteiger partial charge in [0.05, 0.1) is 20.4 Å². The molecule has 0 saturated heterocycles. The second kappa shape index (κ2) is 5.33. The summed E-state index contributed by atoms with van der Waals surface area (Å²) in [7, 11) is 3.07. The van der Waals surface area contributed by atoms with Gasteiger partial charge in [0.1, 0.15) is 11.3 Å². The Bertz CT molecular complexity index is 452. The van der Waals surface area contributed by atoms with Crippen molar-refractivity contribution >= 4 is 0 Å². The van der Waals surface area contributed by atoms with Crippen LogP contribution >= 0.6 is 0 Å². The summed E-state index contributed by atoms with van der Waals surface area (Å²) >= 11 is 0. The Morgan fingerprint density at radius 2 is 2.05 bits per heavy atom. The molecule has 1 aromatic heterocycles. The molecule has 0 amide bonds. The van der Waals surface area contributed by atoms with Crippen molar-refractivity contribution in [3.8, 4) is 11.8 Å². The molecular formula is C14H22N2O3. The zero-order chi connectivity index (χ0) is 14.0. The number of aliphatic hydroxyl groups is 1. The van der Waals surface area contributed by atoms with Crippen molar-refractivity contribution in [2.75, 3.05) is 14.2 Å². The van der Waals surface area contributed by atoms with Crippen LogP contribution in [0.15, 0.2) is 6.20 Å². The van der Waals surface area contributed by atoms with Crippen LogP contribution in [-0.4, -0.2) is 29.3 Å². The summed E-state index contributed by atoms with van der Waals surface area (Å²) in [4.78, 5) is 8.56. The predicted octanol–water partition coefficient (Wildman–Crippen LogP) is 2.14. The van der Waals surface area contributed by atoms with Gasteiger partial charge in [-0.2, -0.15) is 4.98 Å². The lowest BCUT2D eigenvalue weighted by Gasteiger charge is -2.41. The topological polar surface area (TPSA) is 64.5 Å². The molecule has 3 unspecified atom stereocenters. The fourth-order valence-corrected chi connectivity index (χ4v) is 2.87. The van der Waals surface area contributed by atoms with Crippen LogP contribution in [0.3, 0.4) is 0 Å². The quantitative estimate of drug-likeness (QED) is 0.908. The minimum Gasteiger partial charge on any atom is -0.480 e. The van der Waals surface area contributed by atoms with Gasteiger partial charge in [-0.25, -0.2) is 4.98 Å². The predicted molar refractivity (Wildman–Crippen MR) is 71.2 cm³/mol. The van der Waals surface area contributed by atoms with Gasteiger partial charge in [-0.15, -0.1) is 0 Å². The number of nitrogens with zero attached hydrogens (tertiary/aromatic N) is 2. The molecule has 5 nitrogen and oxygen atoms in total. The Kier molecular flexibility index (Phi) is 3.94. The summed E-state index contributed by atoms with van der Waals surface area (Å²) in [6, 6.07) is 0. The van der Waals surface area contributed by atoms with E-state index in [1.54, 1.807) is 0 Å².